The fourth-order valence-electron chi connectivity index (χ4n) is 2.97. The SMILES string of the molecule is Fc1cccc(Cn2ccc3cc(C=Nc4ccccc4I)ccc32)c1. The van der Waals surface area contributed by atoms with E-state index in [1.807, 2.05) is 42.7 Å². The average molecular weight is 454 g/mol. The van der Waals surface area contributed by atoms with Gasteiger partial charge < -0.3 is 4.57 Å². The lowest BCUT2D eigenvalue weighted by molar-refractivity contribution is 0.624. The molecule has 4 rings (SSSR count). The molecule has 4 aromatic rings. The van der Waals surface area contributed by atoms with Crippen molar-refractivity contribution in [3.8, 4) is 0 Å². The molecule has 26 heavy (non-hydrogen) atoms. The number of aliphatic imine (C=N–C) groups is 1. The van der Waals surface area contributed by atoms with Crippen LogP contribution in [0.1, 0.15) is 11.1 Å². The van der Waals surface area contributed by atoms with E-state index in [4.69, 9.17) is 0 Å². The van der Waals surface area contributed by atoms with Crippen LogP contribution in [0.25, 0.3) is 10.9 Å². The Morgan fingerprint density at radius 1 is 0.962 bits per heavy atom. The van der Waals surface area contributed by atoms with E-state index in [2.05, 4.69) is 56.4 Å². The molecule has 0 saturated heterocycles. The van der Waals surface area contributed by atoms with Gasteiger partial charge in [-0.1, -0.05) is 30.3 Å². The van der Waals surface area contributed by atoms with Crippen LogP contribution in [-0.4, -0.2) is 10.8 Å². The maximum atomic E-state index is 13.4. The second kappa shape index (κ2) is 7.41. The molecule has 0 aliphatic carbocycles. The molecule has 0 aliphatic heterocycles. The molecule has 0 saturated carbocycles. The second-order valence-electron chi connectivity index (χ2n) is 6.10. The van der Waals surface area contributed by atoms with Gasteiger partial charge in [0.1, 0.15) is 5.82 Å². The molecule has 0 aliphatic rings. The third-order valence-electron chi connectivity index (χ3n) is 4.24. The summed E-state index contributed by atoms with van der Waals surface area (Å²) < 4.78 is 16.6. The quantitative estimate of drug-likeness (QED) is 0.259. The first-order valence-corrected chi connectivity index (χ1v) is 9.39. The number of hydrogen-bond acceptors (Lipinski definition) is 1. The minimum atomic E-state index is -0.201. The summed E-state index contributed by atoms with van der Waals surface area (Å²) >= 11 is 2.29. The van der Waals surface area contributed by atoms with Crippen molar-refractivity contribution in [3.05, 3.63) is 99.5 Å². The van der Waals surface area contributed by atoms with Crippen molar-refractivity contribution in [1.29, 1.82) is 0 Å². The van der Waals surface area contributed by atoms with Gasteiger partial charge in [-0.2, -0.15) is 0 Å². The number of para-hydroxylation sites is 1. The van der Waals surface area contributed by atoms with E-state index >= 15 is 0 Å². The number of nitrogens with zero attached hydrogens (tertiary/aromatic N) is 2. The Balaban J connectivity index is 1.60. The van der Waals surface area contributed by atoms with Gasteiger partial charge in [0.15, 0.2) is 0 Å². The minimum Gasteiger partial charge on any atom is -0.343 e. The smallest absolute Gasteiger partial charge is 0.123 e. The second-order valence-corrected chi connectivity index (χ2v) is 7.26. The van der Waals surface area contributed by atoms with Gasteiger partial charge in [0.05, 0.1) is 5.69 Å². The standard InChI is InChI=1S/C22H16FIN2/c23-19-5-3-4-17(13-19)15-26-11-10-18-12-16(8-9-22(18)26)14-25-21-7-2-1-6-20(21)24/h1-14H,15H2. The van der Waals surface area contributed by atoms with Crippen molar-refractivity contribution in [3.63, 3.8) is 0 Å². The topological polar surface area (TPSA) is 17.3 Å². The summed E-state index contributed by atoms with van der Waals surface area (Å²) in [6, 6.07) is 23.1. The lowest BCUT2D eigenvalue weighted by Crippen LogP contribution is -1.98. The fraction of sp³-hybridized carbons (Fsp3) is 0.0455. The van der Waals surface area contributed by atoms with Gasteiger partial charge >= 0.3 is 0 Å². The molecule has 0 bridgehead atoms. The molecule has 2 nitrogen and oxygen atoms in total. The Bertz CT molecular complexity index is 1100. The summed E-state index contributed by atoms with van der Waals surface area (Å²) in [5.74, 6) is -0.201. The Labute approximate surface area is 165 Å². The molecule has 0 spiro atoms. The average Bonchev–Trinajstić information content (AvgIpc) is 3.03. The lowest BCUT2D eigenvalue weighted by Gasteiger charge is -2.06. The van der Waals surface area contributed by atoms with E-state index in [1.165, 1.54) is 6.07 Å². The zero-order chi connectivity index (χ0) is 17.9. The van der Waals surface area contributed by atoms with Crippen molar-refractivity contribution >= 4 is 45.4 Å². The van der Waals surface area contributed by atoms with Crippen molar-refractivity contribution in [1.82, 2.24) is 4.57 Å². The van der Waals surface area contributed by atoms with Crippen LogP contribution in [0.3, 0.4) is 0 Å². The van der Waals surface area contributed by atoms with Crippen LogP contribution in [-0.2, 0) is 6.54 Å². The van der Waals surface area contributed by atoms with Crippen molar-refractivity contribution in [2.24, 2.45) is 4.99 Å². The van der Waals surface area contributed by atoms with Crippen molar-refractivity contribution in [2.45, 2.75) is 6.54 Å². The van der Waals surface area contributed by atoms with Crippen LogP contribution < -0.4 is 0 Å². The van der Waals surface area contributed by atoms with E-state index < -0.39 is 0 Å². The van der Waals surface area contributed by atoms with Crippen LogP contribution in [0.5, 0.6) is 0 Å². The van der Waals surface area contributed by atoms with E-state index in [-0.39, 0.29) is 5.82 Å². The molecular formula is C22H16FIN2. The van der Waals surface area contributed by atoms with Crippen molar-refractivity contribution < 1.29 is 4.39 Å². The predicted octanol–water partition coefficient (Wildman–Crippen LogP) is 6.18. The number of fused-ring (bicyclic) bond motifs is 1. The van der Waals surface area contributed by atoms with Gasteiger partial charge in [0.25, 0.3) is 0 Å². The van der Waals surface area contributed by atoms with Gasteiger partial charge in [-0.25, -0.2) is 4.39 Å². The Morgan fingerprint density at radius 3 is 2.69 bits per heavy atom. The summed E-state index contributed by atoms with van der Waals surface area (Å²) in [7, 11) is 0. The first kappa shape index (κ1) is 17.0. The van der Waals surface area contributed by atoms with E-state index in [1.54, 1.807) is 12.1 Å². The highest BCUT2D eigenvalue weighted by Gasteiger charge is 2.04. The summed E-state index contributed by atoms with van der Waals surface area (Å²) in [6.45, 7) is 0.650. The number of hydrogen-bond donors (Lipinski definition) is 0. The summed E-state index contributed by atoms with van der Waals surface area (Å²) in [4.78, 5) is 4.59. The highest BCUT2D eigenvalue weighted by molar-refractivity contribution is 14.1. The zero-order valence-corrected chi connectivity index (χ0v) is 16.1. The molecule has 0 N–H and O–H groups in total. The first-order valence-electron chi connectivity index (χ1n) is 8.31. The Morgan fingerprint density at radius 2 is 1.85 bits per heavy atom. The highest BCUT2D eigenvalue weighted by Crippen LogP contribution is 2.22. The third kappa shape index (κ3) is 3.70. The van der Waals surface area contributed by atoms with Gasteiger partial charge in [0, 0.05) is 33.4 Å². The molecule has 4 heteroatoms. The predicted molar refractivity (Wildman–Crippen MR) is 114 cm³/mol. The van der Waals surface area contributed by atoms with Gasteiger partial charge in [-0.05, 0) is 76.2 Å². The monoisotopic (exact) mass is 454 g/mol. The van der Waals surface area contributed by atoms with Gasteiger partial charge in [-0.3, -0.25) is 4.99 Å². The molecule has 0 fully saturated rings. The largest absolute Gasteiger partial charge is 0.343 e. The van der Waals surface area contributed by atoms with Crippen LogP contribution >= 0.6 is 22.6 Å². The summed E-state index contributed by atoms with van der Waals surface area (Å²) in [6.07, 6.45) is 3.93. The van der Waals surface area contributed by atoms with Crippen molar-refractivity contribution in [2.75, 3.05) is 0 Å². The van der Waals surface area contributed by atoms with Gasteiger partial charge in [-0.15, -0.1) is 0 Å². The van der Waals surface area contributed by atoms with Gasteiger partial charge in [0.2, 0.25) is 0 Å². The normalized spacial score (nSPS) is 11.5. The first-order chi connectivity index (χ1) is 12.7. The molecule has 3 aromatic carbocycles. The zero-order valence-electron chi connectivity index (χ0n) is 13.9. The van der Waals surface area contributed by atoms with Crippen LogP contribution in [0.4, 0.5) is 10.1 Å². The van der Waals surface area contributed by atoms with Crippen LogP contribution in [0.2, 0.25) is 0 Å². The fourth-order valence-corrected chi connectivity index (χ4v) is 3.50. The highest BCUT2D eigenvalue weighted by atomic mass is 127. The molecule has 0 radical (unpaired) electrons. The molecule has 1 heterocycles. The molecule has 1 aromatic heterocycles. The maximum absolute atomic E-state index is 13.4. The number of aromatic nitrogens is 1. The number of halogens is 2. The molecule has 128 valence electrons. The Hall–Kier alpha value is -2.47. The van der Waals surface area contributed by atoms with E-state index in [9.17, 15) is 4.39 Å². The van der Waals surface area contributed by atoms with Crippen LogP contribution in [0.15, 0.2) is 84.0 Å². The molecule has 0 amide bonds. The summed E-state index contributed by atoms with van der Waals surface area (Å²) in [5.41, 5.74) is 4.10. The third-order valence-corrected chi connectivity index (χ3v) is 5.15. The van der Waals surface area contributed by atoms with E-state index in [0.29, 0.717) is 6.54 Å². The molecule has 0 unspecified atom stereocenters. The number of benzene rings is 3. The summed E-state index contributed by atoms with van der Waals surface area (Å²) in [5, 5.41) is 1.15. The number of rotatable bonds is 4. The Kier molecular flexibility index (Phi) is 4.84. The van der Waals surface area contributed by atoms with Crippen LogP contribution in [0, 0.1) is 9.39 Å². The molecular weight excluding hydrogens is 438 g/mol. The lowest BCUT2D eigenvalue weighted by atomic mass is 10.1. The van der Waals surface area contributed by atoms with E-state index in [0.717, 1.165) is 31.3 Å². The molecule has 0 atom stereocenters. The minimum absolute atomic E-state index is 0.201. The maximum Gasteiger partial charge on any atom is 0.123 e.